The van der Waals surface area contributed by atoms with Crippen LogP contribution >= 0.6 is 11.3 Å². The number of nitrogens with two attached hydrogens (primary N) is 1. The van der Waals surface area contributed by atoms with Gasteiger partial charge in [-0.05, 0) is 55.0 Å². The van der Waals surface area contributed by atoms with Crippen molar-refractivity contribution < 1.29 is 4.39 Å². The average molecular weight is 276 g/mol. The summed E-state index contributed by atoms with van der Waals surface area (Å²) in [4.78, 5) is 2.76. The van der Waals surface area contributed by atoms with Crippen LogP contribution in [0.3, 0.4) is 0 Å². The van der Waals surface area contributed by atoms with Crippen LogP contribution in [0.15, 0.2) is 30.3 Å². The third kappa shape index (κ3) is 2.71. The van der Waals surface area contributed by atoms with Crippen molar-refractivity contribution in [3.8, 4) is 0 Å². The monoisotopic (exact) mass is 276 g/mol. The molecule has 1 aromatic carbocycles. The molecule has 19 heavy (non-hydrogen) atoms. The summed E-state index contributed by atoms with van der Waals surface area (Å²) in [6, 6.07) is 9.05. The molecule has 1 heterocycles. The van der Waals surface area contributed by atoms with Crippen LogP contribution in [-0.4, -0.2) is 0 Å². The second-order valence-corrected chi connectivity index (χ2v) is 6.17. The van der Waals surface area contributed by atoms with Gasteiger partial charge in [0.1, 0.15) is 5.82 Å². The Kier molecular flexibility index (Phi) is 3.64. The predicted octanol–water partition coefficient (Wildman–Crippen LogP) is 3.12. The highest BCUT2D eigenvalue weighted by Crippen LogP contribution is 2.34. The molecule has 2 nitrogen and oxygen atoms in total. The van der Waals surface area contributed by atoms with E-state index < -0.39 is 0 Å². The maximum absolute atomic E-state index is 13.2. The molecule has 0 aliphatic heterocycles. The van der Waals surface area contributed by atoms with Crippen LogP contribution in [0.25, 0.3) is 0 Å². The van der Waals surface area contributed by atoms with E-state index in [0.29, 0.717) is 6.42 Å². The summed E-state index contributed by atoms with van der Waals surface area (Å²) in [7, 11) is 0. The lowest BCUT2D eigenvalue weighted by Crippen LogP contribution is -2.29. The van der Waals surface area contributed by atoms with Gasteiger partial charge < -0.3 is 0 Å². The van der Waals surface area contributed by atoms with E-state index in [-0.39, 0.29) is 11.9 Å². The standard InChI is InChI=1S/C15H17FN2S/c16-12-5-1-3-10(7-12)8-13(18-17)15-9-11-4-2-6-14(11)19-15/h1,3,5,7,9,13,18H,2,4,6,8,17H2. The van der Waals surface area contributed by atoms with E-state index in [1.807, 2.05) is 17.4 Å². The highest BCUT2D eigenvalue weighted by molar-refractivity contribution is 7.12. The van der Waals surface area contributed by atoms with Crippen LogP contribution in [0.1, 0.15) is 33.3 Å². The van der Waals surface area contributed by atoms with Crippen molar-refractivity contribution in [2.24, 2.45) is 5.84 Å². The molecule has 0 amide bonds. The van der Waals surface area contributed by atoms with E-state index in [0.717, 1.165) is 5.56 Å². The molecule has 0 saturated carbocycles. The molecular formula is C15H17FN2S. The molecule has 4 heteroatoms. The Labute approximate surface area is 116 Å². The normalized spacial score (nSPS) is 15.5. The van der Waals surface area contributed by atoms with Crippen LogP contribution in [-0.2, 0) is 19.3 Å². The van der Waals surface area contributed by atoms with E-state index in [1.54, 1.807) is 12.1 Å². The number of benzene rings is 1. The van der Waals surface area contributed by atoms with Crippen molar-refractivity contribution >= 4 is 11.3 Å². The van der Waals surface area contributed by atoms with Gasteiger partial charge in [-0.1, -0.05) is 12.1 Å². The fraction of sp³-hybridized carbons (Fsp3) is 0.333. The molecule has 0 spiro atoms. The number of hydrogen-bond donors (Lipinski definition) is 2. The molecule has 0 radical (unpaired) electrons. The van der Waals surface area contributed by atoms with Gasteiger partial charge >= 0.3 is 0 Å². The first kappa shape index (κ1) is 12.8. The molecule has 1 aliphatic carbocycles. The Hall–Kier alpha value is -1.23. The van der Waals surface area contributed by atoms with Crippen molar-refractivity contribution in [2.45, 2.75) is 31.7 Å². The van der Waals surface area contributed by atoms with Gasteiger partial charge in [0.05, 0.1) is 6.04 Å². The molecule has 0 fully saturated rings. The zero-order chi connectivity index (χ0) is 13.2. The zero-order valence-corrected chi connectivity index (χ0v) is 11.5. The first-order valence-electron chi connectivity index (χ1n) is 6.58. The van der Waals surface area contributed by atoms with Crippen LogP contribution < -0.4 is 11.3 Å². The van der Waals surface area contributed by atoms with Gasteiger partial charge in [0.25, 0.3) is 0 Å². The number of nitrogens with one attached hydrogen (secondary N) is 1. The Balaban J connectivity index is 1.80. The van der Waals surface area contributed by atoms with Crippen LogP contribution in [0, 0.1) is 5.82 Å². The summed E-state index contributed by atoms with van der Waals surface area (Å²) < 4.78 is 13.2. The first-order valence-corrected chi connectivity index (χ1v) is 7.40. The Morgan fingerprint density at radius 3 is 2.95 bits per heavy atom. The molecule has 1 aromatic heterocycles. The number of halogens is 1. The number of thiophene rings is 1. The minimum absolute atomic E-state index is 0.0670. The molecule has 1 unspecified atom stereocenters. The average Bonchev–Trinajstić information content (AvgIpc) is 2.96. The Morgan fingerprint density at radius 1 is 1.32 bits per heavy atom. The summed E-state index contributed by atoms with van der Waals surface area (Å²) in [5.41, 5.74) is 5.30. The van der Waals surface area contributed by atoms with Crippen molar-refractivity contribution in [3.63, 3.8) is 0 Å². The summed E-state index contributed by atoms with van der Waals surface area (Å²) in [5, 5.41) is 0. The molecule has 3 rings (SSSR count). The van der Waals surface area contributed by atoms with Crippen LogP contribution in [0.2, 0.25) is 0 Å². The quantitative estimate of drug-likeness (QED) is 0.665. The number of fused-ring (bicyclic) bond motifs is 1. The van der Waals surface area contributed by atoms with E-state index in [4.69, 9.17) is 5.84 Å². The van der Waals surface area contributed by atoms with Gasteiger partial charge in [-0.3, -0.25) is 11.3 Å². The third-order valence-corrected chi connectivity index (χ3v) is 4.99. The zero-order valence-electron chi connectivity index (χ0n) is 10.7. The van der Waals surface area contributed by atoms with Gasteiger partial charge in [-0.2, -0.15) is 0 Å². The minimum Gasteiger partial charge on any atom is -0.271 e. The SMILES string of the molecule is NNC(Cc1cccc(F)c1)c1cc2c(s1)CCC2. The fourth-order valence-corrected chi connectivity index (χ4v) is 3.98. The van der Waals surface area contributed by atoms with Crippen LogP contribution in [0.5, 0.6) is 0 Å². The fourth-order valence-electron chi connectivity index (χ4n) is 2.67. The maximum atomic E-state index is 13.2. The summed E-state index contributed by atoms with van der Waals surface area (Å²) in [6.07, 6.45) is 4.36. The summed E-state index contributed by atoms with van der Waals surface area (Å²) in [6.45, 7) is 0. The minimum atomic E-state index is -0.193. The second kappa shape index (κ2) is 5.41. The maximum Gasteiger partial charge on any atom is 0.123 e. The molecule has 1 aliphatic rings. The van der Waals surface area contributed by atoms with E-state index in [1.165, 1.54) is 40.6 Å². The predicted molar refractivity (Wildman–Crippen MR) is 76.5 cm³/mol. The van der Waals surface area contributed by atoms with Crippen molar-refractivity contribution in [1.82, 2.24) is 5.43 Å². The van der Waals surface area contributed by atoms with E-state index in [9.17, 15) is 4.39 Å². The van der Waals surface area contributed by atoms with Crippen molar-refractivity contribution in [3.05, 3.63) is 57.0 Å². The van der Waals surface area contributed by atoms with Crippen LogP contribution in [0.4, 0.5) is 4.39 Å². The number of rotatable bonds is 4. The van der Waals surface area contributed by atoms with E-state index in [2.05, 4.69) is 11.5 Å². The molecule has 3 N–H and O–H groups in total. The molecule has 0 saturated heterocycles. The smallest absolute Gasteiger partial charge is 0.123 e. The van der Waals surface area contributed by atoms with Crippen molar-refractivity contribution in [1.29, 1.82) is 0 Å². The number of hydrazine groups is 1. The lowest BCUT2D eigenvalue weighted by molar-refractivity contribution is 0.556. The Morgan fingerprint density at radius 2 is 2.21 bits per heavy atom. The number of aryl methyl sites for hydroxylation is 2. The van der Waals surface area contributed by atoms with Gasteiger partial charge in [0, 0.05) is 9.75 Å². The molecule has 0 bridgehead atoms. The van der Waals surface area contributed by atoms with Gasteiger partial charge in [0.2, 0.25) is 0 Å². The summed E-state index contributed by atoms with van der Waals surface area (Å²) in [5.74, 6) is 5.48. The molecule has 1 atom stereocenters. The molecule has 2 aromatic rings. The van der Waals surface area contributed by atoms with Gasteiger partial charge in [-0.15, -0.1) is 11.3 Å². The first-order chi connectivity index (χ1) is 9.26. The topological polar surface area (TPSA) is 38.0 Å². The second-order valence-electron chi connectivity index (χ2n) is 5.00. The lowest BCUT2D eigenvalue weighted by atomic mass is 10.0. The van der Waals surface area contributed by atoms with Crippen molar-refractivity contribution in [2.75, 3.05) is 0 Å². The number of hydrogen-bond acceptors (Lipinski definition) is 3. The third-order valence-electron chi connectivity index (χ3n) is 3.64. The highest BCUT2D eigenvalue weighted by Gasteiger charge is 2.19. The lowest BCUT2D eigenvalue weighted by Gasteiger charge is -2.14. The molecular weight excluding hydrogens is 259 g/mol. The van der Waals surface area contributed by atoms with E-state index >= 15 is 0 Å². The van der Waals surface area contributed by atoms with Gasteiger partial charge in [-0.25, -0.2) is 4.39 Å². The molecule has 100 valence electrons. The highest BCUT2D eigenvalue weighted by atomic mass is 32.1. The largest absolute Gasteiger partial charge is 0.271 e. The summed E-state index contributed by atoms with van der Waals surface area (Å²) >= 11 is 1.84. The van der Waals surface area contributed by atoms with Gasteiger partial charge in [0.15, 0.2) is 0 Å². The Bertz CT molecular complexity index is 558.